The molecule has 0 radical (unpaired) electrons. The fraction of sp³-hybridized carbons (Fsp3) is 0.452. The number of benzene rings is 2. The molecular weight excluding hydrogens is 450 g/mol. The molecule has 0 fully saturated rings. The highest BCUT2D eigenvalue weighted by atomic mass is 16.7. The molecule has 1 heterocycles. The second-order valence-corrected chi connectivity index (χ2v) is 9.01. The Labute approximate surface area is 216 Å². The average Bonchev–Trinajstić information content (AvgIpc) is 3.36. The summed E-state index contributed by atoms with van der Waals surface area (Å²) in [6.45, 7) is 9.49. The van der Waals surface area contributed by atoms with Gasteiger partial charge in [0.2, 0.25) is 5.89 Å². The smallest absolute Gasteiger partial charge is 0.226 e. The van der Waals surface area contributed by atoms with E-state index in [9.17, 15) is 5.11 Å². The largest absolute Gasteiger partial charge is 0.507 e. The van der Waals surface area contributed by atoms with Crippen LogP contribution in [0.15, 0.2) is 53.2 Å². The molecule has 0 saturated heterocycles. The quantitative estimate of drug-likeness (QED) is 0.218. The van der Waals surface area contributed by atoms with Crippen LogP contribution in [0.3, 0.4) is 0 Å². The van der Waals surface area contributed by atoms with Crippen LogP contribution in [0.4, 0.5) is 0 Å². The van der Waals surface area contributed by atoms with E-state index in [0.717, 1.165) is 72.0 Å². The van der Waals surface area contributed by atoms with Crippen molar-refractivity contribution >= 4 is 6.08 Å². The Bertz CT molecular complexity index is 1050. The second kappa shape index (κ2) is 14.6. The summed E-state index contributed by atoms with van der Waals surface area (Å²) in [4.78, 5) is 4.73. The van der Waals surface area contributed by atoms with Gasteiger partial charge in [0.05, 0.1) is 5.69 Å². The highest BCUT2D eigenvalue weighted by Crippen LogP contribution is 2.32. The average molecular weight is 492 g/mol. The first-order valence-electron chi connectivity index (χ1n) is 13.4. The zero-order valence-corrected chi connectivity index (χ0v) is 22.3. The predicted octanol–water partition coefficient (Wildman–Crippen LogP) is 8.06. The Morgan fingerprint density at radius 2 is 1.53 bits per heavy atom. The van der Waals surface area contributed by atoms with Gasteiger partial charge in [0.15, 0.2) is 6.29 Å². The molecule has 2 aromatic carbocycles. The van der Waals surface area contributed by atoms with Gasteiger partial charge in [0, 0.05) is 30.8 Å². The van der Waals surface area contributed by atoms with E-state index in [1.807, 2.05) is 38.1 Å². The van der Waals surface area contributed by atoms with E-state index in [0.29, 0.717) is 31.3 Å². The lowest BCUT2D eigenvalue weighted by Crippen LogP contribution is -2.08. The third kappa shape index (κ3) is 7.81. The molecule has 0 unspecified atom stereocenters. The van der Waals surface area contributed by atoms with Crippen molar-refractivity contribution in [2.45, 2.75) is 78.9 Å². The van der Waals surface area contributed by atoms with Gasteiger partial charge < -0.3 is 19.0 Å². The number of hydrogen-bond acceptors (Lipinski definition) is 5. The number of phenolic OH excluding ortho intramolecular Hbond substituents is 1. The van der Waals surface area contributed by atoms with Crippen molar-refractivity contribution in [3.8, 4) is 17.2 Å². The summed E-state index contributed by atoms with van der Waals surface area (Å²) in [7, 11) is 0. The molecule has 5 nitrogen and oxygen atoms in total. The molecule has 0 spiro atoms. The van der Waals surface area contributed by atoms with Gasteiger partial charge in [-0.25, -0.2) is 4.98 Å². The number of aromatic nitrogens is 1. The highest BCUT2D eigenvalue weighted by Gasteiger charge is 2.14. The van der Waals surface area contributed by atoms with E-state index >= 15 is 0 Å². The fourth-order valence-corrected chi connectivity index (χ4v) is 4.16. The molecule has 0 aliphatic heterocycles. The lowest BCUT2D eigenvalue weighted by molar-refractivity contribution is -0.140. The molecule has 0 amide bonds. The molecule has 1 N–H and O–H groups in total. The van der Waals surface area contributed by atoms with E-state index in [1.165, 1.54) is 0 Å². The number of unbranched alkanes of at least 4 members (excludes halogenated alkanes) is 2. The van der Waals surface area contributed by atoms with Gasteiger partial charge in [0.25, 0.3) is 0 Å². The molecule has 3 aromatic rings. The van der Waals surface area contributed by atoms with Crippen molar-refractivity contribution in [3.05, 3.63) is 76.7 Å². The van der Waals surface area contributed by atoms with Crippen molar-refractivity contribution in [2.24, 2.45) is 0 Å². The Morgan fingerprint density at radius 3 is 2.08 bits per heavy atom. The number of rotatable bonds is 15. The number of allylic oxidation sites excluding steroid dienone is 1. The van der Waals surface area contributed by atoms with Crippen LogP contribution in [-0.2, 0) is 28.7 Å². The van der Waals surface area contributed by atoms with Crippen LogP contribution in [-0.4, -0.2) is 23.3 Å². The van der Waals surface area contributed by atoms with Gasteiger partial charge in [-0.2, -0.15) is 0 Å². The first-order chi connectivity index (χ1) is 17.6. The van der Waals surface area contributed by atoms with Crippen LogP contribution < -0.4 is 0 Å². The Hall–Kier alpha value is -2.89. The maximum absolute atomic E-state index is 10.8. The van der Waals surface area contributed by atoms with Crippen LogP contribution in [0.1, 0.15) is 87.6 Å². The van der Waals surface area contributed by atoms with Crippen molar-refractivity contribution in [1.82, 2.24) is 4.98 Å². The topological polar surface area (TPSA) is 64.7 Å². The van der Waals surface area contributed by atoms with Gasteiger partial charge in [-0.1, -0.05) is 63.1 Å². The molecule has 0 aliphatic rings. The molecule has 1 aromatic heterocycles. The van der Waals surface area contributed by atoms with Crippen molar-refractivity contribution < 1.29 is 19.0 Å². The summed E-state index contributed by atoms with van der Waals surface area (Å²) in [5.74, 6) is 1.05. The number of hydrogen-bond donors (Lipinski definition) is 1. The van der Waals surface area contributed by atoms with Crippen molar-refractivity contribution in [1.29, 1.82) is 0 Å². The lowest BCUT2D eigenvalue weighted by Gasteiger charge is -2.17. The third-order valence-electron chi connectivity index (χ3n) is 6.15. The lowest BCUT2D eigenvalue weighted by atomic mass is 9.97. The zero-order valence-electron chi connectivity index (χ0n) is 22.3. The molecule has 0 aliphatic carbocycles. The minimum Gasteiger partial charge on any atom is -0.507 e. The minimum atomic E-state index is -0.323. The summed E-state index contributed by atoms with van der Waals surface area (Å²) in [6.07, 6.45) is 12.2. The molecular formula is C31H41NO4. The highest BCUT2D eigenvalue weighted by molar-refractivity contribution is 5.61. The van der Waals surface area contributed by atoms with Gasteiger partial charge in [0.1, 0.15) is 12.0 Å². The Kier molecular flexibility index (Phi) is 11.2. The summed E-state index contributed by atoms with van der Waals surface area (Å²) in [5.41, 5.74) is 5.91. The maximum atomic E-state index is 10.8. The fourth-order valence-electron chi connectivity index (χ4n) is 4.16. The normalized spacial score (nSPS) is 11.7. The van der Waals surface area contributed by atoms with E-state index < -0.39 is 0 Å². The number of phenols is 1. The third-order valence-corrected chi connectivity index (χ3v) is 6.15. The summed E-state index contributed by atoms with van der Waals surface area (Å²) >= 11 is 0. The van der Waals surface area contributed by atoms with Gasteiger partial charge in [-0.05, 0) is 68.4 Å². The molecule has 194 valence electrons. The zero-order chi connectivity index (χ0) is 25.8. The minimum absolute atomic E-state index is 0.323. The van der Waals surface area contributed by atoms with Gasteiger partial charge in [-0.15, -0.1) is 0 Å². The van der Waals surface area contributed by atoms with Crippen LogP contribution in [0.25, 0.3) is 17.5 Å². The standard InChI is InChI=1S/C31H41NO4/c1-5-9-13-25-20-27(21-26(29(25)33)14-10-6-2)30-32-28(22-36-30)15-11-12-23-16-18-24(19-17-23)31(34-7-3)35-8-4/h11-12,16-22,31,33H,5-10,13-15H2,1-4H3/b12-11+. The number of aromatic hydroxyl groups is 1. The Balaban J connectivity index is 1.69. The van der Waals surface area contributed by atoms with Crippen molar-refractivity contribution in [2.75, 3.05) is 13.2 Å². The molecule has 5 heteroatoms. The SMILES string of the molecule is CCCCc1cc(-c2nc(C/C=C/c3ccc(C(OCC)OCC)cc3)co2)cc(CCCC)c1O. The second-order valence-electron chi connectivity index (χ2n) is 9.01. The maximum Gasteiger partial charge on any atom is 0.226 e. The number of oxazole rings is 1. The molecule has 0 atom stereocenters. The van der Waals surface area contributed by atoms with Crippen LogP contribution >= 0.6 is 0 Å². The molecule has 3 rings (SSSR count). The molecule has 0 bridgehead atoms. The van der Waals surface area contributed by atoms with Gasteiger partial charge >= 0.3 is 0 Å². The van der Waals surface area contributed by atoms with Crippen molar-refractivity contribution in [3.63, 3.8) is 0 Å². The number of nitrogens with zero attached hydrogens (tertiary/aromatic N) is 1. The van der Waals surface area contributed by atoms with Gasteiger partial charge in [-0.3, -0.25) is 0 Å². The number of aryl methyl sites for hydroxylation is 2. The molecule has 0 saturated carbocycles. The van der Waals surface area contributed by atoms with E-state index in [-0.39, 0.29) is 6.29 Å². The Morgan fingerprint density at radius 1 is 0.917 bits per heavy atom. The van der Waals surface area contributed by atoms with Crippen LogP contribution in [0.2, 0.25) is 0 Å². The van der Waals surface area contributed by atoms with Crippen LogP contribution in [0, 0.1) is 0 Å². The van der Waals surface area contributed by atoms with E-state index in [1.54, 1.807) is 6.26 Å². The first-order valence-corrected chi connectivity index (χ1v) is 13.4. The van der Waals surface area contributed by atoms with E-state index in [2.05, 4.69) is 38.1 Å². The number of ether oxygens (including phenoxy) is 2. The summed E-state index contributed by atoms with van der Waals surface area (Å²) in [5, 5.41) is 10.8. The van der Waals surface area contributed by atoms with E-state index in [4.69, 9.17) is 18.9 Å². The van der Waals surface area contributed by atoms with Crippen LogP contribution in [0.5, 0.6) is 5.75 Å². The summed E-state index contributed by atoms with van der Waals surface area (Å²) in [6, 6.07) is 12.3. The summed E-state index contributed by atoms with van der Waals surface area (Å²) < 4.78 is 17.2. The monoisotopic (exact) mass is 491 g/mol. The molecule has 36 heavy (non-hydrogen) atoms. The first kappa shape index (κ1) is 27.7. The predicted molar refractivity (Wildman–Crippen MR) is 146 cm³/mol.